The van der Waals surface area contributed by atoms with Crippen molar-refractivity contribution in [2.24, 2.45) is 5.41 Å². The highest BCUT2D eigenvalue weighted by Crippen LogP contribution is 2.40. The molecular formula is C11H21NO3. The zero-order valence-corrected chi connectivity index (χ0v) is 10.1. The van der Waals surface area contributed by atoms with Gasteiger partial charge in [0.2, 0.25) is 0 Å². The van der Waals surface area contributed by atoms with Crippen molar-refractivity contribution >= 4 is 5.91 Å². The predicted octanol–water partition coefficient (Wildman–Crippen LogP) is 0.687. The number of nitrogens with one attached hydrogen (secondary N) is 1. The summed E-state index contributed by atoms with van der Waals surface area (Å²) >= 11 is 0. The lowest BCUT2D eigenvalue weighted by Gasteiger charge is -2.50. The lowest BCUT2D eigenvalue weighted by Crippen LogP contribution is -2.63. The summed E-state index contributed by atoms with van der Waals surface area (Å²) in [6, 6.07) is 0.0365. The Kier molecular flexibility index (Phi) is 3.12. The van der Waals surface area contributed by atoms with Crippen molar-refractivity contribution in [3.63, 3.8) is 0 Å². The fraction of sp³-hybridized carbons (Fsp3) is 0.909. The molecule has 1 rings (SSSR count). The van der Waals surface area contributed by atoms with E-state index in [-0.39, 0.29) is 23.5 Å². The summed E-state index contributed by atoms with van der Waals surface area (Å²) in [7, 11) is 1.51. The zero-order chi connectivity index (χ0) is 11.9. The predicted molar refractivity (Wildman–Crippen MR) is 57.4 cm³/mol. The molecule has 0 heterocycles. The van der Waals surface area contributed by atoms with E-state index in [1.54, 1.807) is 13.8 Å². The van der Waals surface area contributed by atoms with Gasteiger partial charge in [-0.1, -0.05) is 13.8 Å². The summed E-state index contributed by atoms with van der Waals surface area (Å²) in [4.78, 5) is 11.8. The Balaban J connectivity index is 2.55. The topological polar surface area (TPSA) is 58.6 Å². The van der Waals surface area contributed by atoms with E-state index in [1.165, 1.54) is 7.11 Å². The molecule has 1 aliphatic rings. The van der Waals surface area contributed by atoms with Crippen molar-refractivity contribution in [3.05, 3.63) is 0 Å². The number of hydrogen-bond donors (Lipinski definition) is 2. The molecule has 2 atom stereocenters. The maximum atomic E-state index is 11.8. The van der Waals surface area contributed by atoms with Crippen LogP contribution in [0, 0.1) is 5.41 Å². The van der Waals surface area contributed by atoms with Gasteiger partial charge in [0.1, 0.15) is 5.60 Å². The molecule has 1 amide bonds. The molecule has 88 valence electrons. The first-order valence-corrected chi connectivity index (χ1v) is 5.26. The third kappa shape index (κ3) is 2.16. The fourth-order valence-corrected chi connectivity index (χ4v) is 1.57. The van der Waals surface area contributed by atoms with Gasteiger partial charge in [-0.3, -0.25) is 4.79 Å². The van der Waals surface area contributed by atoms with Gasteiger partial charge in [-0.2, -0.15) is 0 Å². The smallest absolute Gasteiger partial charge is 0.251 e. The molecule has 1 fully saturated rings. The van der Waals surface area contributed by atoms with Crippen molar-refractivity contribution in [2.75, 3.05) is 7.11 Å². The second-order valence-electron chi connectivity index (χ2n) is 5.31. The maximum Gasteiger partial charge on any atom is 0.251 e. The molecule has 0 aromatic rings. The van der Waals surface area contributed by atoms with Gasteiger partial charge in [0.15, 0.2) is 0 Å². The second-order valence-corrected chi connectivity index (χ2v) is 5.31. The number of carbonyl (C=O) groups is 1. The van der Waals surface area contributed by atoms with Gasteiger partial charge in [-0.05, 0) is 20.3 Å². The number of carbonyl (C=O) groups excluding carboxylic acids is 1. The van der Waals surface area contributed by atoms with E-state index in [4.69, 9.17) is 4.74 Å². The van der Waals surface area contributed by atoms with Gasteiger partial charge >= 0.3 is 0 Å². The van der Waals surface area contributed by atoms with E-state index < -0.39 is 5.60 Å². The first-order valence-electron chi connectivity index (χ1n) is 5.26. The molecule has 15 heavy (non-hydrogen) atoms. The van der Waals surface area contributed by atoms with Gasteiger partial charge < -0.3 is 15.2 Å². The SMILES string of the molecule is COC(C)(C)C(=O)NC1CC(O)C1(C)C. The van der Waals surface area contributed by atoms with Crippen LogP contribution in [0.2, 0.25) is 0 Å². The molecule has 4 nitrogen and oxygen atoms in total. The lowest BCUT2D eigenvalue weighted by molar-refractivity contribution is -0.146. The molecule has 2 N–H and O–H groups in total. The minimum absolute atomic E-state index is 0.0365. The number of amides is 1. The summed E-state index contributed by atoms with van der Waals surface area (Å²) in [5.41, 5.74) is -1.05. The summed E-state index contributed by atoms with van der Waals surface area (Å²) in [5, 5.41) is 12.4. The molecule has 2 unspecified atom stereocenters. The van der Waals surface area contributed by atoms with Gasteiger partial charge in [-0.15, -0.1) is 0 Å². The minimum atomic E-state index is -0.809. The average Bonchev–Trinajstić information content (AvgIpc) is 2.17. The summed E-state index contributed by atoms with van der Waals surface area (Å²) < 4.78 is 5.09. The quantitative estimate of drug-likeness (QED) is 0.728. The highest BCUT2D eigenvalue weighted by atomic mass is 16.5. The van der Waals surface area contributed by atoms with Gasteiger partial charge in [0, 0.05) is 18.6 Å². The van der Waals surface area contributed by atoms with E-state index in [1.807, 2.05) is 13.8 Å². The number of methoxy groups -OCH3 is 1. The third-order valence-corrected chi connectivity index (χ3v) is 3.58. The Labute approximate surface area is 91.0 Å². The van der Waals surface area contributed by atoms with Crippen LogP contribution in [-0.4, -0.2) is 35.9 Å². The molecule has 0 saturated heterocycles. The minimum Gasteiger partial charge on any atom is -0.392 e. The highest BCUT2D eigenvalue weighted by molar-refractivity contribution is 5.84. The Bertz CT molecular complexity index is 261. The van der Waals surface area contributed by atoms with Crippen LogP contribution in [0.3, 0.4) is 0 Å². The Morgan fingerprint density at radius 3 is 2.40 bits per heavy atom. The van der Waals surface area contributed by atoms with Gasteiger partial charge in [-0.25, -0.2) is 0 Å². The second kappa shape index (κ2) is 3.76. The van der Waals surface area contributed by atoms with Crippen LogP contribution in [0.5, 0.6) is 0 Å². The Morgan fingerprint density at radius 2 is 2.07 bits per heavy atom. The van der Waals surface area contributed by atoms with E-state index in [0.29, 0.717) is 6.42 Å². The molecule has 0 spiro atoms. The number of ether oxygens (including phenoxy) is 1. The first-order chi connectivity index (χ1) is 6.71. The van der Waals surface area contributed by atoms with E-state index in [0.717, 1.165) is 0 Å². The zero-order valence-electron chi connectivity index (χ0n) is 10.1. The van der Waals surface area contributed by atoms with Crippen LogP contribution in [0.25, 0.3) is 0 Å². The molecule has 0 aromatic carbocycles. The van der Waals surface area contributed by atoms with Crippen molar-refractivity contribution < 1.29 is 14.6 Å². The fourth-order valence-electron chi connectivity index (χ4n) is 1.57. The van der Waals surface area contributed by atoms with Gasteiger partial charge in [0.05, 0.1) is 6.10 Å². The highest BCUT2D eigenvalue weighted by Gasteiger charge is 2.49. The summed E-state index contributed by atoms with van der Waals surface area (Å²) in [5.74, 6) is -0.130. The van der Waals surface area contributed by atoms with Crippen molar-refractivity contribution in [2.45, 2.75) is 51.9 Å². The third-order valence-electron chi connectivity index (χ3n) is 3.58. The van der Waals surface area contributed by atoms with Crippen LogP contribution >= 0.6 is 0 Å². The molecule has 0 radical (unpaired) electrons. The van der Waals surface area contributed by atoms with Crippen LogP contribution < -0.4 is 5.32 Å². The average molecular weight is 215 g/mol. The van der Waals surface area contributed by atoms with Crippen molar-refractivity contribution in [1.29, 1.82) is 0 Å². The van der Waals surface area contributed by atoms with Crippen molar-refractivity contribution in [1.82, 2.24) is 5.32 Å². The summed E-state index contributed by atoms with van der Waals surface area (Å²) in [6.45, 7) is 7.35. The normalized spacial score (nSPS) is 29.5. The first kappa shape index (κ1) is 12.5. The monoisotopic (exact) mass is 215 g/mol. The number of aliphatic hydroxyl groups is 1. The van der Waals surface area contributed by atoms with Crippen LogP contribution in [0.15, 0.2) is 0 Å². The number of rotatable bonds is 3. The van der Waals surface area contributed by atoms with E-state index >= 15 is 0 Å². The Morgan fingerprint density at radius 1 is 1.53 bits per heavy atom. The van der Waals surface area contributed by atoms with Gasteiger partial charge in [0.25, 0.3) is 5.91 Å². The van der Waals surface area contributed by atoms with Crippen LogP contribution in [0.4, 0.5) is 0 Å². The van der Waals surface area contributed by atoms with Crippen LogP contribution in [0.1, 0.15) is 34.1 Å². The number of aliphatic hydroxyl groups excluding tert-OH is 1. The lowest BCUT2D eigenvalue weighted by atomic mass is 9.64. The molecule has 0 bridgehead atoms. The standard InChI is InChI=1S/C11H21NO3/c1-10(2)7(6-8(10)13)12-9(14)11(3,4)15-5/h7-8,13H,6H2,1-5H3,(H,12,14). The molecule has 0 aromatic heterocycles. The maximum absolute atomic E-state index is 11.8. The van der Waals surface area contributed by atoms with E-state index in [9.17, 15) is 9.90 Å². The number of hydrogen-bond acceptors (Lipinski definition) is 3. The molecule has 4 heteroatoms. The summed E-state index contributed by atoms with van der Waals surface area (Å²) in [6.07, 6.45) is 0.298. The largest absolute Gasteiger partial charge is 0.392 e. The molecule has 0 aliphatic heterocycles. The molecule has 1 saturated carbocycles. The molecule has 1 aliphatic carbocycles. The van der Waals surface area contributed by atoms with Crippen LogP contribution in [-0.2, 0) is 9.53 Å². The Hall–Kier alpha value is -0.610. The molecular weight excluding hydrogens is 194 g/mol. The van der Waals surface area contributed by atoms with Crippen molar-refractivity contribution in [3.8, 4) is 0 Å². The van der Waals surface area contributed by atoms with E-state index in [2.05, 4.69) is 5.32 Å².